The van der Waals surface area contributed by atoms with Crippen molar-refractivity contribution in [1.82, 2.24) is 0 Å². The Morgan fingerprint density at radius 1 is 0.533 bits per heavy atom. The first-order chi connectivity index (χ1) is 13.1. The third kappa shape index (κ3) is 4.35. The zero-order valence-corrected chi connectivity index (χ0v) is 20.8. The summed E-state index contributed by atoms with van der Waals surface area (Å²) in [4.78, 5) is 0. The van der Waals surface area contributed by atoms with Crippen LogP contribution in [0, 0.1) is 0 Å². The molecule has 4 rings (SSSR count). The summed E-state index contributed by atoms with van der Waals surface area (Å²) in [5, 5.41) is 0. The van der Waals surface area contributed by atoms with E-state index in [-0.39, 0.29) is 46.4 Å². The molecule has 0 aliphatic heterocycles. The van der Waals surface area contributed by atoms with Gasteiger partial charge in [0.25, 0.3) is 0 Å². The molecule has 0 amide bonds. The van der Waals surface area contributed by atoms with Gasteiger partial charge in [0.15, 0.2) is 0 Å². The average molecular weight is 490 g/mol. The van der Waals surface area contributed by atoms with Crippen LogP contribution >= 0.6 is 0 Å². The van der Waals surface area contributed by atoms with Gasteiger partial charge in [-0.1, -0.05) is 0 Å². The normalized spacial score (nSPS) is 14.4. The zero-order valence-electron chi connectivity index (χ0n) is 16.9. The summed E-state index contributed by atoms with van der Waals surface area (Å²) in [6.45, 7) is 4.45. The van der Waals surface area contributed by atoms with E-state index in [4.69, 9.17) is 0 Å². The summed E-state index contributed by atoms with van der Waals surface area (Å²) < 4.78 is -0.161. The third-order valence-corrected chi connectivity index (χ3v) is 6.79. The number of hydrogen-bond donors (Lipinski definition) is 0. The van der Waals surface area contributed by atoms with Gasteiger partial charge in [-0.25, -0.2) is 0 Å². The van der Waals surface area contributed by atoms with Gasteiger partial charge in [-0.05, 0) is 0 Å². The summed E-state index contributed by atoms with van der Waals surface area (Å²) in [5.41, 5.74) is 6.39. The van der Waals surface area contributed by atoms with Crippen molar-refractivity contribution >= 4 is 0 Å². The van der Waals surface area contributed by atoms with E-state index in [2.05, 4.69) is 137 Å². The molecule has 3 aromatic carbocycles. The Labute approximate surface area is 210 Å². The second kappa shape index (κ2) is 10.8. The second-order valence-electron chi connectivity index (χ2n) is 7.37. The van der Waals surface area contributed by atoms with Crippen LogP contribution < -0.4 is 37.2 Å². The molecule has 0 atom stereocenters. The maximum atomic E-state index is 2.45. The molecule has 0 bridgehead atoms. The van der Waals surface area contributed by atoms with Crippen LogP contribution in [-0.2, 0) is 25.9 Å². The molecule has 0 heterocycles. The third-order valence-electron chi connectivity index (χ3n) is 5.75. The second-order valence-corrected chi connectivity index (χ2v) is 8.66. The fourth-order valence-corrected chi connectivity index (χ4v) is 5.80. The smallest absolute Gasteiger partial charge is 1.00 e. The minimum absolute atomic E-state index is 0. The van der Waals surface area contributed by atoms with Crippen LogP contribution in [0.3, 0.4) is 0 Å². The van der Waals surface area contributed by atoms with Crippen molar-refractivity contribution < 1.29 is 57.7 Å². The molecule has 1 aliphatic carbocycles. The van der Waals surface area contributed by atoms with Crippen LogP contribution in [0.15, 0.2) is 114 Å². The summed E-state index contributed by atoms with van der Waals surface area (Å²) in [5.74, 6) is 0. The number of rotatable bonds is 4. The van der Waals surface area contributed by atoms with Crippen LogP contribution in [0.4, 0.5) is 0 Å². The molecule has 0 unspecified atom stereocenters. The molecule has 0 saturated carbocycles. The molecule has 0 fully saturated rings. The number of allylic oxidation sites excluding steroid dienone is 4. The fourth-order valence-electron chi connectivity index (χ4n) is 4.45. The van der Waals surface area contributed by atoms with Gasteiger partial charge in [0.2, 0.25) is 0 Å². The summed E-state index contributed by atoms with van der Waals surface area (Å²) in [6, 6.07) is 32.9. The molecule has 0 nitrogen and oxygen atoms in total. The van der Waals surface area contributed by atoms with Gasteiger partial charge < -0.3 is 37.2 Å². The Balaban J connectivity index is 0.00000150. The summed E-state index contributed by atoms with van der Waals surface area (Å²) >= 11 is 2.38. The van der Waals surface area contributed by atoms with Crippen LogP contribution in [0.1, 0.15) is 30.5 Å². The maximum absolute atomic E-state index is 2.45. The zero-order chi connectivity index (χ0) is 18.9. The Bertz CT molecular complexity index is 882. The van der Waals surface area contributed by atoms with E-state index in [0.717, 1.165) is 0 Å². The van der Waals surface area contributed by atoms with Crippen molar-refractivity contribution in [2.45, 2.75) is 23.0 Å². The monoisotopic (exact) mass is 488 g/mol. The Morgan fingerprint density at radius 3 is 1.07 bits per heavy atom. The first-order valence-electron chi connectivity index (χ1n) is 9.39. The molecule has 0 saturated heterocycles. The molecular formula is C26H23Cl3Ti. The first kappa shape index (κ1) is 26.8. The van der Waals surface area contributed by atoms with Crippen molar-refractivity contribution in [3.05, 3.63) is 131 Å². The van der Waals surface area contributed by atoms with E-state index in [9.17, 15) is 0 Å². The van der Waals surface area contributed by atoms with Crippen LogP contribution in [0.2, 0.25) is 3.72 Å². The van der Waals surface area contributed by atoms with E-state index in [1.165, 1.54) is 27.8 Å². The molecule has 0 N–H and O–H groups in total. The van der Waals surface area contributed by atoms with Crippen molar-refractivity contribution in [2.24, 2.45) is 0 Å². The number of hydrogen-bond acceptors (Lipinski definition) is 0. The maximum Gasteiger partial charge on any atom is -1.00 e. The van der Waals surface area contributed by atoms with Gasteiger partial charge >= 0.3 is 174 Å². The number of halogens is 3. The van der Waals surface area contributed by atoms with Gasteiger partial charge in [0, 0.05) is 0 Å². The number of benzene rings is 3. The Morgan fingerprint density at radius 2 is 0.800 bits per heavy atom. The molecule has 30 heavy (non-hydrogen) atoms. The minimum atomic E-state index is -0.296. The van der Waals surface area contributed by atoms with E-state index in [1.54, 1.807) is 0 Å². The van der Waals surface area contributed by atoms with Crippen molar-refractivity contribution in [3.63, 3.8) is 0 Å². The van der Waals surface area contributed by atoms with Crippen LogP contribution in [0.25, 0.3) is 0 Å². The first-order valence-corrected chi connectivity index (χ1v) is 10.2. The predicted octanol–water partition coefficient (Wildman–Crippen LogP) is -2.36. The standard InChI is InChI=1S/C26H23.3ClH.Ti/c1-20-18-25(19-21(20)2)26(22-12-6-3-7-13-22,23-14-8-4-9-15-23)24-16-10-5-11-17-24;;;;/h3-19H,1-2H3;3*1H;/q;;;;+3/p-3. The van der Waals surface area contributed by atoms with Crippen molar-refractivity contribution in [2.75, 3.05) is 0 Å². The van der Waals surface area contributed by atoms with Crippen LogP contribution in [0.5, 0.6) is 0 Å². The van der Waals surface area contributed by atoms with E-state index in [0.29, 0.717) is 0 Å². The molecule has 152 valence electrons. The fraction of sp³-hybridized carbons (Fsp3) is 0.154. The SMILES string of the molecule is CC1=C[C]([Ti+3])(C(c2ccccc2)(c2ccccc2)c2ccccc2)C=C1C.[Cl-].[Cl-].[Cl-]. The largest absolute Gasteiger partial charge is 1.00 e. The minimum Gasteiger partial charge on any atom is -1.00 e. The van der Waals surface area contributed by atoms with Crippen molar-refractivity contribution in [1.29, 1.82) is 0 Å². The Hall–Kier alpha value is -1.28. The Kier molecular flexibility index (Phi) is 9.68. The molecule has 0 spiro atoms. The quantitative estimate of drug-likeness (QED) is 0.284. The molecular weight excluding hydrogens is 467 g/mol. The molecule has 4 heteroatoms. The average Bonchev–Trinajstić information content (AvgIpc) is 2.97. The molecule has 0 aromatic heterocycles. The summed E-state index contributed by atoms with van der Waals surface area (Å²) in [7, 11) is 0. The van der Waals surface area contributed by atoms with Gasteiger partial charge in [-0.15, -0.1) is 0 Å². The molecule has 1 aliphatic rings. The van der Waals surface area contributed by atoms with Crippen LogP contribution in [-0.4, -0.2) is 0 Å². The predicted molar refractivity (Wildman–Crippen MR) is 109 cm³/mol. The van der Waals surface area contributed by atoms with E-state index < -0.39 is 0 Å². The molecule has 0 radical (unpaired) electrons. The van der Waals surface area contributed by atoms with E-state index in [1.807, 2.05) is 0 Å². The van der Waals surface area contributed by atoms with Gasteiger partial charge in [-0.3, -0.25) is 0 Å². The van der Waals surface area contributed by atoms with Gasteiger partial charge in [0.1, 0.15) is 0 Å². The summed E-state index contributed by atoms with van der Waals surface area (Å²) in [6.07, 6.45) is 4.91. The van der Waals surface area contributed by atoms with Gasteiger partial charge in [0.05, 0.1) is 0 Å². The topological polar surface area (TPSA) is 0 Å². The van der Waals surface area contributed by atoms with E-state index >= 15 is 0 Å². The molecule has 3 aromatic rings. The van der Waals surface area contributed by atoms with Gasteiger partial charge in [-0.2, -0.15) is 0 Å². The van der Waals surface area contributed by atoms with Crippen molar-refractivity contribution in [3.8, 4) is 0 Å².